The van der Waals surface area contributed by atoms with Gasteiger partial charge >= 0.3 is 0 Å². The van der Waals surface area contributed by atoms with Gasteiger partial charge in [-0.2, -0.15) is 0 Å². The zero-order chi connectivity index (χ0) is 31.4. The first-order valence-electron chi connectivity index (χ1n) is 16.1. The standard InChI is InChI=1S/C46H33N/c1-4-13-34(14-5-1)36-23-28-41(29-24-36)47(43-21-12-20-40(33-43)35-15-6-2-7-16-35)42-30-25-39(26-31-42)46-44-22-11-10-19-38(44)27-32-45(46)37-17-8-3-9-18-37/h1-33H. The molecular formula is C46H33N. The van der Waals surface area contributed by atoms with E-state index in [-0.39, 0.29) is 0 Å². The molecule has 8 rings (SSSR count). The first-order valence-corrected chi connectivity index (χ1v) is 16.1. The highest BCUT2D eigenvalue weighted by Crippen LogP contribution is 2.41. The van der Waals surface area contributed by atoms with Gasteiger partial charge in [0, 0.05) is 17.1 Å². The van der Waals surface area contributed by atoms with Gasteiger partial charge in [-0.15, -0.1) is 0 Å². The number of hydrogen-bond acceptors (Lipinski definition) is 1. The molecule has 0 aliphatic carbocycles. The second kappa shape index (κ2) is 12.7. The summed E-state index contributed by atoms with van der Waals surface area (Å²) in [6.07, 6.45) is 0. The van der Waals surface area contributed by atoms with E-state index in [1.165, 1.54) is 55.3 Å². The largest absolute Gasteiger partial charge is 0.310 e. The fourth-order valence-corrected chi connectivity index (χ4v) is 6.55. The monoisotopic (exact) mass is 599 g/mol. The van der Waals surface area contributed by atoms with E-state index in [0.717, 1.165) is 17.1 Å². The van der Waals surface area contributed by atoms with Crippen molar-refractivity contribution in [2.75, 3.05) is 4.90 Å². The molecule has 0 saturated carbocycles. The van der Waals surface area contributed by atoms with Gasteiger partial charge in [0.15, 0.2) is 0 Å². The Morgan fingerprint density at radius 1 is 0.277 bits per heavy atom. The van der Waals surface area contributed by atoms with Gasteiger partial charge in [0.05, 0.1) is 0 Å². The highest BCUT2D eigenvalue weighted by Gasteiger charge is 2.16. The Balaban J connectivity index is 1.25. The SMILES string of the molecule is c1ccc(-c2ccc(N(c3ccc(-c4c(-c5ccccc5)ccc5ccccc45)cc3)c3cccc(-c4ccccc4)c3)cc2)cc1. The molecule has 8 aromatic carbocycles. The molecule has 0 radical (unpaired) electrons. The van der Waals surface area contributed by atoms with Crippen LogP contribution in [0, 0.1) is 0 Å². The molecule has 0 spiro atoms. The maximum atomic E-state index is 2.35. The molecule has 0 aliphatic rings. The summed E-state index contributed by atoms with van der Waals surface area (Å²) in [7, 11) is 0. The van der Waals surface area contributed by atoms with Crippen molar-refractivity contribution >= 4 is 27.8 Å². The quantitative estimate of drug-likeness (QED) is 0.176. The van der Waals surface area contributed by atoms with Crippen molar-refractivity contribution in [2.24, 2.45) is 0 Å². The fourth-order valence-electron chi connectivity index (χ4n) is 6.55. The summed E-state index contributed by atoms with van der Waals surface area (Å²) >= 11 is 0. The van der Waals surface area contributed by atoms with Gasteiger partial charge in [-0.05, 0) is 91.7 Å². The van der Waals surface area contributed by atoms with Gasteiger partial charge < -0.3 is 4.90 Å². The average Bonchev–Trinajstić information content (AvgIpc) is 3.16. The third-order valence-electron chi connectivity index (χ3n) is 8.87. The van der Waals surface area contributed by atoms with E-state index in [0.29, 0.717) is 0 Å². The zero-order valence-electron chi connectivity index (χ0n) is 26.0. The van der Waals surface area contributed by atoms with Crippen LogP contribution in [0.25, 0.3) is 55.3 Å². The normalized spacial score (nSPS) is 11.0. The highest BCUT2D eigenvalue weighted by molar-refractivity contribution is 6.04. The minimum atomic E-state index is 1.10. The van der Waals surface area contributed by atoms with Crippen molar-refractivity contribution < 1.29 is 0 Å². The Bertz CT molecular complexity index is 2250. The number of rotatable bonds is 7. The minimum absolute atomic E-state index is 1.10. The van der Waals surface area contributed by atoms with E-state index in [1.54, 1.807) is 0 Å². The lowest BCUT2D eigenvalue weighted by molar-refractivity contribution is 1.28. The molecule has 0 amide bonds. The zero-order valence-corrected chi connectivity index (χ0v) is 26.0. The van der Waals surface area contributed by atoms with E-state index >= 15 is 0 Å². The molecule has 1 heteroatoms. The topological polar surface area (TPSA) is 3.24 Å². The summed E-state index contributed by atoms with van der Waals surface area (Å²) in [6.45, 7) is 0. The Morgan fingerprint density at radius 3 is 1.40 bits per heavy atom. The summed E-state index contributed by atoms with van der Waals surface area (Å²) < 4.78 is 0. The van der Waals surface area contributed by atoms with Crippen LogP contribution in [-0.2, 0) is 0 Å². The van der Waals surface area contributed by atoms with Gasteiger partial charge in [-0.1, -0.05) is 164 Å². The Kier molecular flexibility index (Phi) is 7.63. The van der Waals surface area contributed by atoms with E-state index < -0.39 is 0 Å². The van der Waals surface area contributed by atoms with Crippen molar-refractivity contribution in [1.29, 1.82) is 0 Å². The number of benzene rings is 8. The predicted molar refractivity (Wildman–Crippen MR) is 200 cm³/mol. The molecule has 47 heavy (non-hydrogen) atoms. The Hall–Kier alpha value is -6.18. The van der Waals surface area contributed by atoms with Crippen molar-refractivity contribution in [2.45, 2.75) is 0 Å². The molecule has 222 valence electrons. The van der Waals surface area contributed by atoms with Crippen LogP contribution < -0.4 is 4.90 Å². The maximum Gasteiger partial charge on any atom is 0.0467 e. The van der Waals surface area contributed by atoms with Crippen LogP contribution in [-0.4, -0.2) is 0 Å². The van der Waals surface area contributed by atoms with Crippen molar-refractivity contribution in [3.05, 3.63) is 200 Å². The van der Waals surface area contributed by atoms with Crippen LogP contribution in [0.2, 0.25) is 0 Å². The van der Waals surface area contributed by atoms with E-state index in [2.05, 4.69) is 205 Å². The second-order valence-electron chi connectivity index (χ2n) is 11.8. The first kappa shape index (κ1) is 28.3. The van der Waals surface area contributed by atoms with Gasteiger partial charge in [0.1, 0.15) is 0 Å². The Labute approximate surface area is 276 Å². The lowest BCUT2D eigenvalue weighted by atomic mass is 9.89. The van der Waals surface area contributed by atoms with Crippen LogP contribution in [0.5, 0.6) is 0 Å². The number of fused-ring (bicyclic) bond motifs is 1. The predicted octanol–water partition coefficient (Wildman–Crippen LogP) is 13.0. The van der Waals surface area contributed by atoms with Gasteiger partial charge in [0.25, 0.3) is 0 Å². The smallest absolute Gasteiger partial charge is 0.0467 e. The van der Waals surface area contributed by atoms with Crippen LogP contribution in [0.15, 0.2) is 200 Å². The summed E-state index contributed by atoms with van der Waals surface area (Å²) in [5.41, 5.74) is 13.0. The molecular weight excluding hydrogens is 567 g/mol. The van der Waals surface area contributed by atoms with Crippen LogP contribution in [0.3, 0.4) is 0 Å². The molecule has 0 N–H and O–H groups in total. The van der Waals surface area contributed by atoms with Gasteiger partial charge in [0.2, 0.25) is 0 Å². The molecule has 0 saturated heterocycles. The molecule has 0 aromatic heterocycles. The first-order chi connectivity index (χ1) is 23.3. The summed E-state index contributed by atoms with van der Waals surface area (Å²) in [5.74, 6) is 0. The third kappa shape index (κ3) is 5.72. The number of anilines is 3. The molecule has 0 fully saturated rings. The summed E-state index contributed by atoms with van der Waals surface area (Å²) in [6, 6.07) is 71.8. The van der Waals surface area contributed by atoms with Gasteiger partial charge in [-0.25, -0.2) is 0 Å². The molecule has 8 aromatic rings. The lowest BCUT2D eigenvalue weighted by Crippen LogP contribution is -2.10. The fraction of sp³-hybridized carbons (Fsp3) is 0. The molecule has 0 unspecified atom stereocenters. The van der Waals surface area contributed by atoms with Crippen molar-refractivity contribution in [3.8, 4) is 44.5 Å². The second-order valence-corrected chi connectivity index (χ2v) is 11.8. The third-order valence-corrected chi connectivity index (χ3v) is 8.87. The molecule has 0 heterocycles. The van der Waals surface area contributed by atoms with E-state index in [9.17, 15) is 0 Å². The Morgan fingerprint density at radius 2 is 0.766 bits per heavy atom. The highest BCUT2D eigenvalue weighted by atomic mass is 15.1. The summed E-state index contributed by atoms with van der Waals surface area (Å²) in [4.78, 5) is 2.35. The lowest BCUT2D eigenvalue weighted by Gasteiger charge is -2.26. The molecule has 0 bridgehead atoms. The molecule has 0 aliphatic heterocycles. The van der Waals surface area contributed by atoms with E-state index in [1.807, 2.05) is 0 Å². The van der Waals surface area contributed by atoms with E-state index in [4.69, 9.17) is 0 Å². The van der Waals surface area contributed by atoms with Crippen LogP contribution >= 0.6 is 0 Å². The maximum absolute atomic E-state index is 2.35. The number of hydrogen-bond donors (Lipinski definition) is 0. The average molecular weight is 600 g/mol. The minimum Gasteiger partial charge on any atom is -0.310 e. The van der Waals surface area contributed by atoms with Gasteiger partial charge in [-0.3, -0.25) is 0 Å². The van der Waals surface area contributed by atoms with Crippen molar-refractivity contribution in [1.82, 2.24) is 0 Å². The van der Waals surface area contributed by atoms with Crippen LogP contribution in [0.4, 0.5) is 17.1 Å². The number of nitrogens with zero attached hydrogens (tertiary/aromatic N) is 1. The summed E-state index contributed by atoms with van der Waals surface area (Å²) in [5, 5.41) is 2.50. The van der Waals surface area contributed by atoms with Crippen molar-refractivity contribution in [3.63, 3.8) is 0 Å². The van der Waals surface area contributed by atoms with Crippen LogP contribution in [0.1, 0.15) is 0 Å². The molecule has 0 atom stereocenters. The molecule has 1 nitrogen and oxygen atoms in total.